The average Bonchev–Trinajstić information content (AvgIpc) is 3.34. The molecule has 2 aliphatic rings. The first-order valence-corrected chi connectivity index (χ1v) is 11.4. The summed E-state index contributed by atoms with van der Waals surface area (Å²) in [6.45, 7) is 0. The van der Waals surface area contributed by atoms with E-state index in [4.69, 9.17) is 22.5 Å². The molecule has 2 atom stereocenters. The number of anilines is 1. The highest BCUT2D eigenvalue weighted by molar-refractivity contribution is 8.03. The molecule has 0 saturated carbocycles. The second-order valence-corrected chi connectivity index (χ2v) is 9.63. The summed E-state index contributed by atoms with van der Waals surface area (Å²) in [4.78, 5) is 46.6. The van der Waals surface area contributed by atoms with E-state index in [2.05, 4.69) is 24.8 Å². The molecular weight excluding hydrogens is 490 g/mol. The zero-order chi connectivity index (χ0) is 22.3. The van der Waals surface area contributed by atoms with Crippen molar-refractivity contribution < 1.29 is 24.7 Å². The number of thiazole rings is 1. The number of hydrogen-bond acceptors (Lipinski definition) is 12. The predicted octanol–water partition coefficient (Wildman–Crippen LogP) is 0.986. The van der Waals surface area contributed by atoms with Crippen molar-refractivity contribution in [2.75, 3.05) is 5.73 Å². The summed E-state index contributed by atoms with van der Waals surface area (Å²) in [7, 11) is 0. The molecule has 0 spiro atoms. The molecule has 0 aliphatic carbocycles. The van der Waals surface area contributed by atoms with Gasteiger partial charge in [-0.3, -0.25) is 14.5 Å². The van der Waals surface area contributed by atoms with Crippen molar-refractivity contribution in [3.8, 4) is 0 Å². The van der Waals surface area contributed by atoms with Crippen molar-refractivity contribution in [3.63, 3.8) is 0 Å². The van der Waals surface area contributed by atoms with E-state index in [0.717, 1.165) is 28.2 Å². The first-order chi connectivity index (χ1) is 14.8. The van der Waals surface area contributed by atoms with Crippen LogP contribution in [-0.2, 0) is 14.4 Å². The summed E-state index contributed by atoms with van der Waals surface area (Å²) >= 11 is 9.00. The quantitative estimate of drug-likeness (QED) is 0.192. The van der Waals surface area contributed by atoms with Crippen LogP contribution in [0.15, 0.2) is 26.2 Å². The van der Waals surface area contributed by atoms with Gasteiger partial charge < -0.3 is 21.4 Å². The lowest BCUT2D eigenvalue weighted by molar-refractivity contribution is -0.155. The minimum absolute atomic E-state index is 0.0739. The number of halogens is 1. The second-order valence-electron chi connectivity index (χ2n) is 6.29. The Kier molecular flexibility index (Phi) is 5.83. The molecule has 0 radical (unpaired) electrons. The van der Waals surface area contributed by atoms with Crippen LogP contribution in [0.1, 0.15) is 18.7 Å². The molecule has 5 N–H and O–H groups in total. The summed E-state index contributed by atoms with van der Waals surface area (Å²) in [5, 5.41) is 26.5. The molecule has 31 heavy (non-hydrogen) atoms. The van der Waals surface area contributed by atoms with Gasteiger partial charge in [-0.25, -0.2) is 9.78 Å². The molecule has 2 aromatic heterocycles. The fourth-order valence-corrected chi connectivity index (χ4v) is 5.67. The van der Waals surface area contributed by atoms with Gasteiger partial charge in [-0.1, -0.05) is 28.5 Å². The van der Waals surface area contributed by atoms with Crippen LogP contribution in [0.4, 0.5) is 5.13 Å². The third-order valence-corrected chi connectivity index (χ3v) is 7.27. The number of aromatic nitrogens is 3. The molecule has 4 heterocycles. The molecule has 2 aromatic rings. The molecule has 162 valence electrons. The molecule has 12 nitrogen and oxygen atoms in total. The van der Waals surface area contributed by atoms with Crippen molar-refractivity contribution in [2.24, 2.45) is 5.16 Å². The number of rotatable bonds is 6. The van der Waals surface area contributed by atoms with Gasteiger partial charge >= 0.3 is 5.97 Å². The van der Waals surface area contributed by atoms with Crippen LogP contribution in [0.25, 0.3) is 0 Å². The first kappa shape index (κ1) is 21.5. The Morgan fingerprint density at radius 3 is 2.77 bits per heavy atom. The molecule has 1 fully saturated rings. The zero-order valence-electron chi connectivity index (χ0n) is 15.2. The smallest absolute Gasteiger partial charge is 0.353 e. The largest absolute Gasteiger partial charge is 0.477 e. The number of β-lactam (4-membered cyclic amide) rings is 1. The van der Waals surface area contributed by atoms with Crippen LogP contribution in [0.2, 0.25) is 4.47 Å². The van der Waals surface area contributed by atoms with E-state index in [1.54, 1.807) is 5.38 Å². The number of hydrogen-bond donors (Lipinski definition) is 4. The van der Waals surface area contributed by atoms with Gasteiger partial charge in [0.05, 0.1) is 6.04 Å². The predicted molar refractivity (Wildman–Crippen MR) is 112 cm³/mol. The third-order valence-electron chi connectivity index (χ3n) is 4.53. The number of aliphatic carboxylic acids is 1. The lowest BCUT2D eigenvalue weighted by Gasteiger charge is -2.49. The number of carbonyl (C=O) groups excluding carboxylic acids is 2. The first-order valence-electron chi connectivity index (χ1n) is 8.51. The summed E-state index contributed by atoms with van der Waals surface area (Å²) in [5.41, 5.74) is 4.83. The molecular formula is C15H12ClN7O5S3. The van der Waals surface area contributed by atoms with E-state index in [1.807, 2.05) is 0 Å². The summed E-state index contributed by atoms with van der Waals surface area (Å²) in [6.07, 6.45) is 0.786. The van der Waals surface area contributed by atoms with Crippen molar-refractivity contribution in [3.05, 3.63) is 26.3 Å². The van der Waals surface area contributed by atoms with Crippen LogP contribution in [0.5, 0.6) is 0 Å². The van der Waals surface area contributed by atoms with Crippen molar-refractivity contribution in [1.82, 2.24) is 24.6 Å². The number of carboxylic acids is 1. The van der Waals surface area contributed by atoms with Gasteiger partial charge in [0.2, 0.25) is 11.5 Å². The van der Waals surface area contributed by atoms with E-state index in [1.165, 1.54) is 11.3 Å². The van der Waals surface area contributed by atoms with E-state index in [-0.39, 0.29) is 16.7 Å². The van der Waals surface area contributed by atoms with Gasteiger partial charge in [0.1, 0.15) is 16.8 Å². The van der Waals surface area contributed by atoms with E-state index >= 15 is 0 Å². The molecule has 2 amide bonds. The average molecular weight is 502 g/mol. The number of oxime groups is 1. The molecule has 2 aliphatic heterocycles. The Morgan fingerprint density at radius 1 is 1.42 bits per heavy atom. The maximum atomic E-state index is 12.7. The Labute approximate surface area is 191 Å². The van der Waals surface area contributed by atoms with Crippen molar-refractivity contribution in [2.45, 2.75) is 30.0 Å². The monoisotopic (exact) mass is 501 g/mol. The standard InChI is InChI=1S/C15H12ClN7O5S3/c16-14-18-6(3-29-14)30-5-2-1-4-7(12(25)23(4)9(5)13(26)27)19-11(24)8(21-28)10-20-15(17)31-22-10/h3-4,7,28H,1-2H2,(H,19,24)(H,26,27)(H2,17,20,22)/b21-8-/t4-,7+/m1/s1. The topological polar surface area (TPSA) is 184 Å². The van der Waals surface area contributed by atoms with Crippen LogP contribution < -0.4 is 11.1 Å². The van der Waals surface area contributed by atoms with E-state index < -0.39 is 35.6 Å². The summed E-state index contributed by atoms with van der Waals surface area (Å²) < 4.78 is 4.13. The highest BCUT2D eigenvalue weighted by atomic mass is 35.5. The van der Waals surface area contributed by atoms with E-state index in [0.29, 0.717) is 27.2 Å². The molecule has 0 unspecified atom stereocenters. The van der Waals surface area contributed by atoms with Crippen molar-refractivity contribution >= 4 is 74.9 Å². The number of nitrogens with one attached hydrogen (secondary N) is 1. The Balaban J connectivity index is 1.52. The Morgan fingerprint density at radius 2 is 2.19 bits per heavy atom. The van der Waals surface area contributed by atoms with Crippen molar-refractivity contribution in [1.29, 1.82) is 0 Å². The summed E-state index contributed by atoms with van der Waals surface area (Å²) in [5.74, 6) is -2.91. The molecule has 0 aromatic carbocycles. The third kappa shape index (κ3) is 3.96. The minimum atomic E-state index is -1.26. The SMILES string of the molecule is Nc1nc(/C(=N/O)C(=O)N[C@@H]2C(=O)N3C(C(=O)O)=C(Sc4csc(Cl)n4)CC[C@H]23)ns1. The lowest BCUT2D eigenvalue weighted by Crippen LogP contribution is -2.72. The Bertz CT molecular complexity index is 1150. The molecule has 1 saturated heterocycles. The van der Waals surface area contributed by atoms with Gasteiger partial charge in [0, 0.05) is 21.8 Å². The molecule has 4 rings (SSSR count). The summed E-state index contributed by atoms with van der Waals surface area (Å²) in [6, 6.07) is -1.53. The number of carbonyl (C=O) groups is 3. The minimum Gasteiger partial charge on any atom is -0.477 e. The highest BCUT2D eigenvalue weighted by Gasteiger charge is 2.54. The van der Waals surface area contributed by atoms with E-state index in [9.17, 15) is 19.5 Å². The van der Waals surface area contributed by atoms with Gasteiger partial charge in [-0.05, 0) is 12.8 Å². The van der Waals surface area contributed by atoms with Gasteiger partial charge in [0.15, 0.2) is 9.60 Å². The maximum Gasteiger partial charge on any atom is 0.353 e. The van der Waals surface area contributed by atoms with Crippen LogP contribution in [0, 0.1) is 0 Å². The second kappa shape index (κ2) is 8.41. The van der Waals surface area contributed by atoms with Gasteiger partial charge in [-0.15, -0.1) is 11.3 Å². The number of nitrogen functional groups attached to an aromatic ring is 1. The number of nitrogens with zero attached hydrogens (tertiary/aromatic N) is 5. The number of allylic oxidation sites excluding steroid dienone is 1. The molecule has 16 heteroatoms. The zero-order valence-corrected chi connectivity index (χ0v) is 18.4. The number of fused-ring (bicyclic) bond motifs is 1. The van der Waals surface area contributed by atoms with Gasteiger partial charge in [0.25, 0.3) is 11.8 Å². The van der Waals surface area contributed by atoms with Gasteiger partial charge in [-0.2, -0.15) is 9.36 Å². The fraction of sp³-hybridized carbons (Fsp3) is 0.267. The number of nitrogens with two attached hydrogens (primary N) is 1. The lowest BCUT2D eigenvalue weighted by atomic mass is 9.86. The van der Waals surface area contributed by atoms with Crippen LogP contribution in [0.3, 0.4) is 0 Å². The number of carboxylic acid groups (broad SMARTS) is 1. The highest BCUT2D eigenvalue weighted by Crippen LogP contribution is 2.43. The molecule has 0 bridgehead atoms. The fourth-order valence-electron chi connectivity index (χ4n) is 3.27. The maximum absolute atomic E-state index is 12.7. The number of amides is 2. The Hall–Kier alpha value is -2.75. The normalized spacial score (nSPS) is 21.0. The number of thioether (sulfide) groups is 1. The van der Waals surface area contributed by atoms with Crippen LogP contribution >= 0.6 is 46.2 Å². The van der Waals surface area contributed by atoms with Crippen LogP contribution in [-0.4, -0.2) is 65.1 Å².